The monoisotopic (exact) mass is 317 g/mol. The predicted molar refractivity (Wildman–Crippen MR) is 89.1 cm³/mol. The fourth-order valence-electron chi connectivity index (χ4n) is 4.63. The summed E-state index contributed by atoms with van der Waals surface area (Å²) in [4.78, 5) is 21.1. The number of aromatic amines is 1. The molecule has 2 N–H and O–H groups in total. The number of H-pyrrole nitrogens is 1. The Kier molecular flexibility index (Phi) is 2.96. The minimum Gasteiger partial charge on any atom is -0.348 e. The van der Waals surface area contributed by atoms with Gasteiger partial charge in [-0.05, 0) is 49.0 Å². The van der Waals surface area contributed by atoms with Crippen LogP contribution < -0.4 is 5.32 Å². The zero-order chi connectivity index (χ0) is 15.6. The summed E-state index contributed by atoms with van der Waals surface area (Å²) < 4.78 is 0. The fraction of sp³-hybridized carbons (Fsp3) is 0.647. The summed E-state index contributed by atoms with van der Waals surface area (Å²) in [5, 5.41) is 4.28. The van der Waals surface area contributed by atoms with Crippen LogP contribution in [0.5, 0.6) is 0 Å². The van der Waals surface area contributed by atoms with Crippen molar-refractivity contribution in [3.63, 3.8) is 0 Å². The van der Waals surface area contributed by atoms with Crippen LogP contribution in [0.4, 0.5) is 0 Å². The second-order valence-corrected chi connectivity index (χ2v) is 8.87. The summed E-state index contributed by atoms with van der Waals surface area (Å²) >= 11 is 1.60. The number of hydrogen-bond acceptors (Lipinski definition) is 3. The zero-order valence-electron chi connectivity index (χ0n) is 13.6. The van der Waals surface area contributed by atoms with Crippen molar-refractivity contribution in [2.24, 2.45) is 23.2 Å². The van der Waals surface area contributed by atoms with Crippen molar-refractivity contribution in [1.82, 2.24) is 15.3 Å². The highest BCUT2D eigenvalue weighted by Gasteiger charge is 2.56. The van der Waals surface area contributed by atoms with Gasteiger partial charge in [0, 0.05) is 6.04 Å². The zero-order valence-corrected chi connectivity index (χ0v) is 14.4. The van der Waals surface area contributed by atoms with E-state index in [0.717, 1.165) is 33.6 Å². The maximum absolute atomic E-state index is 12.5. The van der Waals surface area contributed by atoms with Crippen molar-refractivity contribution in [1.29, 1.82) is 0 Å². The molecule has 1 amide bonds. The van der Waals surface area contributed by atoms with Crippen molar-refractivity contribution in [3.05, 3.63) is 16.8 Å². The average Bonchev–Trinajstić information content (AvgIpc) is 2.97. The Bertz CT molecular complexity index is 713. The van der Waals surface area contributed by atoms with E-state index in [0.29, 0.717) is 23.1 Å². The van der Waals surface area contributed by atoms with Crippen molar-refractivity contribution in [3.8, 4) is 0 Å². The maximum atomic E-state index is 12.5. The SMILES string of the molecule is Cc1nc2cc(C(=O)N[C@H]3C[C@H]4C[C@@H]([C@@H]3C)C4(C)C)[nH]c2s1. The van der Waals surface area contributed by atoms with Gasteiger partial charge in [-0.2, -0.15) is 0 Å². The minimum absolute atomic E-state index is 0.0128. The van der Waals surface area contributed by atoms with Crippen molar-refractivity contribution >= 4 is 27.6 Å². The lowest BCUT2D eigenvalue weighted by molar-refractivity contribution is -0.113. The van der Waals surface area contributed by atoms with Crippen LogP contribution in [-0.2, 0) is 0 Å². The second-order valence-electron chi connectivity index (χ2n) is 7.67. The van der Waals surface area contributed by atoms with E-state index < -0.39 is 0 Å². The molecule has 5 heteroatoms. The van der Waals surface area contributed by atoms with Crippen LogP contribution in [0, 0.1) is 30.1 Å². The lowest BCUT2D eigenvalue weighted by Crippen LogP contribution is -2.60. The van der Waals surface area contributed by atoms with Gasteiger partial charge in [0.2, 0.25) is 0 Å². The van der Waals surface area contributed by atoms with E-state index in [4.69, 9.17) is 0 Å². The largest absolute Gasteiger partial charge is 0.348 e. The Morgan fingerprint density at radius 1 is 1.45 bits per heavy atom. The molecule has 4 atom stereocenters. The Morgan fingerprint density at radius 3 is 2.86 bits per heavy atom. The summed E-state index contributed by atoms with van der Waals surface area (Å²) in [5.41, 5.74) is 1.99. The van der Waals surface area contributed by atoms with Crippen molar-refractivity contribution in [2.45, 2.75) is 46.6 Å². The number of aromatic nitrogens is 2. The van der Waals surface area contributed by atoms with E-state index in [1.54, 1.807) is 11.3 Å². The number of rotatable bonds is 2. The molecule has 2 aromatic heterocycles. The third kappa shape index (κ3) is 1.94. The average molecular weight is 317 g/mol. The third-order valence-electron chi connectivity index (χ3n) is 6.20. The highest BCUT2D eigenvalue weighted by molar-refractivity contribution is 7.18. The summed E-state index contributed by atoms with van der Waals surface area (Å²) in [6.07, 6.45) is 2.45. The van der Waals surface area contributed by atoms with Crippen molar-refractivity contribution < 1.29 is 4.79 Å². The van der Waals surface area contributed by atoms with Crippen molar-refractivity contribution in [2.75, 3.05) is 0 Å². The molecule has 22 heavy (non-hydrogen) atoms. The first kappa shape index (κ1) is 14.2. The first-order chi connectivity index (χ1) is 10.4. The number of nitrogens with zero attached hydrogens (tertiary/aromatic N) is 1. The van der Waals surface area contributed by atoms with E-state index in [2.05, 4.69) is 36.1 Å². The van der Waals surface area contributed by atoms with E-state index in [9.17, 15) is 4.79 Å². The number of carbonyl (C=O) groups excluding carboxylic acids is 1. The molecule has 0 spiro atoms. The molecule has 2 bridgehead atoms. The van der Waals surface area contributed by atoms with Crippen LogP contribution in [0.3, 0.4) is 0 Å². The van der Waals surface area contributed by atoms with Gasteiger partial charge in [-0.15, -0.1) is 11.3 Å². The van der Waals surface area contributed by atoms with Crippen LogP contribution in [0.1, 0.15) is 49.1 Å². The summed E-state index contributed by atoms with van der Waals surface area (Å²) in [6, 6.07) is 2.17. The van der Waals surface area contributed by atoms with E-state index in [1.165, 1.54) is 6.42 Å². The number of nitrogens with one attached hydrogen (secondary N) is 2. The standard InChI is InChI=1S/C17H23N3OS/c1-8-11-5-10(17(11,3)4)6-12(8)19-15(21)13-7-14-16(20-13)22-9(2)18-14/h7-8,10-12,20H,5-6H2,1-4H3,(H,19,21)/t8-,10+,11-,12-/m0/s1. The quantitative estimate of drug-likeness (QED) is 0.886. The van der Waals surface area contributed by atoms with Gasteiger partial charge in [0.15, 0.2) is 0 Å². The number of amides is 1. The molecule has 0 aromatic carbocycles. The molecule has 3 fully saturated rings. The maximum Gasteiger partial charge on any atom is 0.268 e. The van der Waals surface area contributed by atoms with E-state index in [1.807, 2.05) is 13.0 Å². The van der Waals surface area contributed by atoms with Gasteiger partial charge in [0.25, 0.3) is 5.91 Å². The van der Waals surface area contributed by atoms with Gasteiger partial charge in [0.1, 0.15) is 16.0 Å². The molecular formula is C17H23N3OS. The molecule has 4 nitrogen and oxygen atoms in total. The molecule has 3 aliphatic rings. The first-order valence-electron chi connectivity index (χ1n) is 8.13. The smallest absolute Gasteiger partial charge is 0.268 e. The van der Waals surface area contributed by atoms with E-state index in [-0.39, 0.29) is 5.91 Å². The Morgan fingerprint density at radius 2 is 2.23 bits per heavy atom. The molecule has 2 heterocycles. The minimum atomic E-state index is 0.0128. The predicted octanol–water partition coefficient (Wildman–Crippen LogP) is 3.73. The Hall–Kier alpha value is -1.36. The number of thiazole rings is 1. The molecule has 3 saturated carbocycles. The normalized spacial score (nSPS) is 32.7. The van der Waals surface area contributed by atoms with Crippen LogP contribution >= 0.6 is 11.3 Å². The van der Waals surface area contributed by atoms with Gasteiger partial charge in [-0.3, -0.25) is 4.79 Å². The van der Waals surface area contributed by atoms with Crippen LogP contribution in [0.15, 0.2) is 6.07 Å². The number of carbonyl (C=O) groups is 1. The number of fused-ring (bicyclic) bond motifs is 3. The molecule has 3 aliphatic carbocycles. The highest BCUT2D eigenvalue weighted by atomic mass is 32.1. The highest BCUT2D eigenvalue weighted by Crippen LogP contribution is 2.61. The summed E-state index contributed by atoms with van der Waals surface area (Å²) in [5.74, 6) is 2.07. The molecule has 0 saturated heterocycles. The molecule has 0 aliphatic heterocycles. The number of aryl methyl sites for hydroxylation is 1. The van der Waals surface area contributed by atoms with Gasteiger partial charge in [0.05, 0.1) is 5.01 Å². The molecule has 118 valence electrons. The molecule has 5 rings (SSSR count). The number of hydrogen-bond donors (Lipinski definition) is 2. The summed E-state index contributed by atoms with van der Waals surface area (Å²) in [7, 11) is 0. The van der Waals surface area contributed by atoms with Crippen LogP contribution in [0.25, 0.3) is 10.3 Å². The third-order valence-corrected chi connectivity index (χ3v) is 7.11. The van der Waals surface area contributed by atoms with Gasteiger partial charge >= 0.3 is 0 Å². The molecule has 2 aromatic rings. The Labute approximate surface area is 134 Å². The fourth-order valence-corrected chi connectivity index (χ4v) is 5.44. The molecular weight excluding hydrogens is 294 g/mol. The van der Waals surface area contributed by atoms with Crippen LogP contribution in [0.2, 0.25) is 0 Å². The van der Waals surface area contributed by atoms with Gasteiger partial charge < -0.3 is 10.3 Å². The topological polar surface area (TPSA) is 57.8 Å². The lowest BCUT2D eigenvalue weighted by Gasteiger charge is -2.62. The van der Waals surface area contributed by atoms with Gasteiger partial charge in [-0.1, -0.05) is 20.8 Å². The second kappa shape index (κ2) is 4.57. The molecule has 0 unspecified atom stereocenters. The van der Waals surface area contributed by atoms with Gasteiger partial charge in [-0.25, -0.2) is 4.98 Å². The summed E-state index contributed by atoms with van der Waals surface area (Å²) in [6.45, 7) is 9.04. The van der Waals surface area contributed by atoms with E-state index >= 15 is 0 Å². The molecule has 0 radical (unpaired) electrons. The van der Waals surface area contributed by atoms with Crippen LogP contribution in [-0.4, -0.2) is 21.9 Å². The lowest BCUT2D eigenvalue weighted by atomic mass is 9.45. The Balaban J connectivity index is 1.49. The first-order valence-corrected chi connectivity index (χ1v) is 8.95.